The Morgan fingerprint density at radius 3 is 2.93 bits per heavy atom. The van der Waals surface area contributed by atoms with Crippen molar-refractivity contribution in [1.82, 2.24) is 0 Å². The van der Waals surface area contributed by atoms with E-state index >= 15 is 0 Å². The van der Waals surface area contributed by atoms with E-state index < -0.39 is 5.82 Å². The molecule has 0 amide bonds. The third-order valence-electron chi connectivity index (χ3n) is 2.37. The summed E-state index contributed by atoms with van der Waals surface area (Å²) in [6.45, 7) is 2.32. The van der Waals surface area contributed by atoms with E-state index in [1.54, 1.807) is 19.1 Å². The first-order valence-electron chi connectivity index (χ1n) is 4.82. The number of carbonyl (C=O) groups is 1. The van der Waals surface area contributed by atoms with Crippen molar-refractivity contribution in [3.63, 3.8) is 0 Å². The fraction of sp³-hybridized carbons (Fsp3) is 0.250. The van der Waals surface area contributed by atoms with Gasteiger partial charge >= 0.3 is 0 Å². The van der Waals surface area contributed by atoms with E-state index in [0.29, 0.717) is 17.9 Å². The molecule has 15 heavy (non-hydrogen) atoms. The lowest BCUT2D eigenvalue weighted by Gasteiger charge is -2.05. The fourth-order valence-corrected chi connectivity index (χ4v) is 1.55. The Balaban J connectivity index is 2.36. The predicted octanol–water partition coefficient (Wildman–Crippen LogP) is 2.62. The molecule has 1 aromatic carbocycles. The van der Waals surface area contributed by atoms with E-state index in [1.165, 1.54) is 12.1 Å². The number of benzene rings is 1. The van der Waals surface area contributed by atoms with Gasteiger partial charge < -0.3 is 4.74 Å². The third kappa shape index (κ3) is 1.91. The molecule has 0 N–H and O–H groups in total. The second-order valence-corrected chi connectivity index (χ2v) is 3.49. The molecule has 0 atom stereocenters. The normalized spacial score (nSPS) is 14.7. The molecule has 0 spiro atoms. The summed E-state index contributed by atoms with van der Waals surface area (Å²) < 4.78 is 18.1. The zero-order chi connectivity index (χ0) is 10.8. The Kier molecular flexibility index (Phi) is 2.54. The molecule has 1 aromatic rings. The monoisotopic (exact) mass is 206 g/mol. The summed E-state index contributed by atoms with van der Waals surface area (Å²) in [6.07, 6.45) is 2.49. The highest BCUT2D eigenvalue weighted by Crippen LogP contribution is 2.19. The number of Topliss-reactive ketones (excluding diaryl/α,β-unsaturated/α-hetero) is 1. The Hall–Kier alpha value is -1.64. The summed E-state index contributed by atoms with van der Waals surface area (Å²) in [4.78, 5) is 11.9. The van der Waals surface area contributed by atoms with Gasteiger partial charge in [-0.2, -0.15) is 0 Å². The van der Waals surface area contributed by atoms with Gasteiger partial charge in [0.1, 0.15) is 5.82 Å². The zero-order valence-electron chi connectivity index (χ0n) is 8.42. The second kappa shape index (κ2) is 3.85. The summed E-state index contributed by atoms with van der Waals surface area (Å²) >= 11 is 0. The Bertz CT molecular complexity index is 435. The van der Waals surface area contributed by atoms with Crippen LogP contribution < -0.4 is 0 Å². The lowest BCUT2D eigenvalue weighted by atomic mass is 10.0. The standard InChI is InChI=1S/C12H11FO2/c1-8-4-5-9(13)7-10(8)12(14)11-3-2-6-15-11/h3-5,7H,2,6H2,1H3. The predicted molar refractivity (Wildman–Crippen MR) is 54.1 cm³/mol. The molecule has 0 aromatic heterocycles. The number of hydrogen-bond donors (Lipinski definition) is 0. The molecule has 0 unspecified atom stereocenters. The molecule has 2 rings (SSSR count). The Labute approximate surface area is 87.4 Å². The van der Waals surface area contributed by atoms with E-state index in [1.807, 2.05) is 0 Å². The number of ketones is 1. The highest BCUT2D eigenvalue weighted by atomic mass is 19.1. The molecular weight excluding hydrogens is 195 g/mol. The van der Waals surface area contributed by atoms with Gasteiger partial charge in [0, 0.05) is 12.0 Å². The summed E-state index contributed by atoms with van der Waals surface area (Å²) in [5.41, 5.74) is 1.14. The Morgan fingerprint density at radius 2 is 2.27 bits per heavy atom. The van der Waals surface area contributed by atoms with Gasteiger partial charge in [-0.25, -0.2) is 4.39 Å². The fourth-order valence-electron chi connectivity index (χ4n) is 1.55. The summed E-state index contributed by atoms with van der Waals surface area (Å²) in [7, 11) is 0. The van der Waals surface area contributed by atoms with Gasteiger partial charge in [0.25, 0.3) is 0 Å². The minimum atomic E-state index is -0.400. The van der Waals surface area contributed by atoms with Crippen LogP contribution in [-0.2, 0) is 4.74 Å². The molecule has 1 aliphatic heterocycles. The quantitative estimate of drug-likeness (QED) is 0.695. The van der Waals surface area contributed by atoms with Crippen molar-refractivity contribution < 1.29 is 13.9 Å². The number of halogens is 1. The average molecular weight is 206 g/mol. The molecule has 1 heterocycles. The van der Waals surface area contributed by atoms with Gasteiger partial charge in [0.05, 0.1) is 6.61 Å². The molecule has 0 bridgehead atoms. The van der Waals surface area contributed by atoms with Crippen molar-refractivity contribution in [2.75, 3.05) is 6.61 Å². The van der Waals surface area contributed by atoms with Crippen LogP contribution in [0.4, 0.5) is 4.39 Å². The van der Waals surface area contributed by atoms with Gasteiger partial charge in [0.2, 0.25) is 5.78 Å². The lowest BCUT2D eigenvalue weighted by molar-refractivity contribution is 0.0941. The van der Waals surface area contributed by atoms with Crippen molar-refractivity contribution in [2.45, 2.75) is 13.3 Å². The van der Waals surface area contributed by atoms with Crippen LogP contribution >= 0.6 is 0 Å². The van der Waals surface area contributed by atoms with Gasteiger partial charge in [-0.15, -0.1) is 0 Å². The molecular formula is C12H11FO2. The van der Waals surface area contributed by atoms with Crippen molar-refractivity contribution in [3.8, 4) is 0 Å². The van der Waals surface area contributed by atoms with Crippen molar-refractivity contribution in [1.29, 1.82) is 0 Å². The Morgan fingerprint density at radius 1 is 1.47 bits per heavy atom. The minimum absolute atomic E-state index is 0.232. The molecule has 1 aliphatic rings. The number of rotatable bonds is 2. The van der Waals surface area contributed by atoms with E-state index in [-0.39, 0.29) is 5.78 Å². The molecule has 78 valence electrons. The summed E-state index contributed by atoms with van der Waals surface area (Å²) in [5.74, 6) is -0.296. The van der Waals surface area contributed by atoms with Crippen LogP contribution in [0.25, 0.3) is 0 Å². The van der Waals surface area contributed by atoms with Gasteiger partial charge in [0.15, 0.2) is 5.76 Å². The molecule has 0 saturated heterocycles. The van der Waals surface area contributed by atoms with Crippen LogP contribution in [-0.4, -0.2) is 12.4 Å². The number of allylic oxidation sites excluding steroid dienone is 1. The largest absolute Gasteiger partial charge is 0.489 e. The number of carbonyl (C=O) groups excluding carboxylic acids is 1. The van der Waals surface area contributed by atoms with Crippen LogP contribution in [0.1, 0.15) is 22.3 Å². The summed E-state index contributed by atoms with van der Waals surface area (Å²) in [6, 6.07) is 4.19. The highest BCUT2D eigenvalue weighted by molar-refractivity contribution is 6.08. The maximum atomic E-state index is 13.0. The van der Waals surface area contributed by atoms with Crippen LogP contribution in [0.5, 0.6) is 0 Å². The smallest absolute Gasteiger partial charge is 0.227 e. The SMILES string of the molecule is Cc1ccc(F)cc1C(=O)C1=CCCO1. The van der Waals surface area contributed by atoms with Crippen LogP contribution in [0.3, 0.4) is 0 Å². The number of ether oxygens (including phenoxy) is 1. The maximum Gasteiger partial charge on any atom is 0.227 e. The molecule has 3 heteroatoms. The van der Waals surface area contributed by atoms with Crippen molar-refractivity contribution in [2.24, 2.45) is 0 Å². The van der Waals surface area contributed by atoms with Crippen LogP contribution in [0.2, 0.25) is 0 Å². The zero-order valence-corrected chi connectivity index (χ0v) is 8.42. The third-order valence-corrected chi connectivity index (χ3v) is 2.37. The second-order valence-electron chi connectivity index (χ2n) is 3.49. The first kappa shape index (κ1) is 9.90. The molecule has 0 aliphatic carbocycles. The van der Waals surface area contributed by atoms with E-state index in [9.17, 15) is 9.18 Å². The van der Waals surface area contributed by atoms with Gasteiger partial charge in [-0.1, -0.05) is 6.07 Å². The van der Waals surface area contributed by atoms with Crippen LogP contribution in [0, 0.1) is 12.7 Å². The van der Waals surface area contributed by atoms with Crippen molar-refractivity contribution in [3.05, 3.63) is 47.0 Å². The van der Waals surface area contributed by atoms with Crippen LogP contribution in [0.15, 0.2) is 30.0 Å². The van der Waals surface area contributed by atoms with Gasteiger partial charge in [-0.05, 0) is 30.7 Å². The lowest BCUT2D eigenvalue weighted by Crippen LogP contribution is -2.06. The number of aryl methyl sites for hydroxylation is 1. The minimum Gasteiger partial charge on any atom is -0.489 e. The molecule has 0 radical (unpaired) electrons. The van der Waals surface area contributed by atoms with E-state index in [2.05, 4.69) is 0 Å². The van der Waals surface area contributed by atoms with Crippen molar-refractivity contribution >= 4 is 5.78 Å². The molecule has 2 nitrogen and oxygen atoms in total. The summed E-state index contributed by atoms with van der Waals surface area (Å²) in [5, 5.41) is 0. The topological polar surface area (TPSA) is 26.3 Å². The van der Waals surface area contributed by atoms with Gasteiger partial charge in [-0.3, -0.25) is 4.79 Å². The van der Waals surface area contributed by atoms with E-state index in [0.717, 1.165) is 12.0 Å². The first-order chi connectivity index (χ1) is 7.18. The number of hydrogen-bond acceptors (Lipinski definition) is 2. The average Bonchev–Trinajstić information content (AvgIpc) is 2.74. The highest BCUT2D eigenvalue weighted by Gasteiger charge is 2.19. The molecule has 0 fully saturated rings. The van der Waals surface area contributed by atoms with E-state index in [4.69, 9.17) is 4.74 Å². The molecule has 0 saturated carbocycles. The maximum absolute atomic E-state index is 13.0. The first-order valence-corrected chi connectivity index (χ1v) is 4.82.